The summed E-state index contributed by atoms with van der Waals surface area (Å²) in [6.07, 6.45) is -0.0931. The number of H-pyrrole nitrogens is 1. The van der Waals surface area contributed by atoms with Gasteiger partial charge in [-0.05, 0) is 42.3 Å². The first-order valence-electron chi connectivity index (χ1n) is 8.42. The molecule has 0 atom stereocenters. The lowest BCUT2D eigenvalue weighted by atomic mass is 10.2. The van der Waals surface area contributed by atoms with Crippen molar-refractivity contribution in [3.05, 3.63) is 86.5 Å². The summed E-state index contributed by atoms with van der Waals surface area (Å²) < 4.78 is 13.6. The number of nitrogens with zero attached hydrogens (tertiary/aromatic N) is 1. The van der Waals surface area contributed by atoms with Gasteiger partial charge >= 0.3 is 0 Å². The number of nitrogens with one attached hydrogen (secondary N) is 2. The Balaban J connectivity index is 1.66. The van der Waals surface area contributed by atoms with Crippen molar-refractivity contribution < 1.29 is 9.18 Å². The highest BCUT2D eigenvalue weighted by atomic mass is 35.5. The summed E-state index contributed by atoms with van der Waals surface area (Å²) in [7, 11) is 0. The van der Waals surface area contributed by atoms with Crippen LogP contribution >= 0.6 is 23.4 Å². The Kier molecular flexibility index (Phi) is 6.49. The van der Waals surface area contributed by atoms with Gasteiger partial charge in [0.25, 0.3) is 5.56 Å². The lowest BCUT2D eigenvalue weighted by Crippen LogP contribution is -2.18. The molecular weight excluding hydrogens is 401 g/mol. The predicted molar refractivity (Wildman–Crippen MR) is 109 cm³/mol. The number of aromatic amines is 1. The molecule has 0 aliphatic heterocycles. The van der Waals surface area contributed by atoms with Crippen LogP contribution in [0.4, 0.5) is 10.1 Å². The summed E-state index contributed by atoms with van der Waals surface area (Å²) in [5, 5.41) is 3.66. The highest BCUT2D eigenvalue weighted by Gasteiger charge is 2.10. The molecular formula is C20H17ClFN3O2S. The first-order chi connectivity index (χ1) is 13.4. The average Bonchev–Trinajstić information content (AvgIpc) is 2.63. The molecule has 0 bridgehead atoms. The zero-order valence-corrected chi connectivity index (χ0v) is 16.5. The van der Waals surface area contributed by atoms with Crippen molar-refractivity contribution in [3.63, 3.8) is 0 Å². The minimum atomic E-state index is -0.396. The summed E-state index contributed by atoms with van der Waals surface area (Å²) in [4.78, 5) is 31.1. The van der Waals surface area contributed by atoms with Gasteiger partial charge in [-0.3, -0.25) is 9.59 Å². The van der Waals surface area contributed by atoms with E-state index in [1.807, 2.05) is 18.2 Å². The van der Waals surface area contributed by atoms with Crippen molar-refractivity contribution in [2.45, 2.75) is 24.3 Å². The summed E-state index contributed by atoms with van der Waals surface area (Å²) in [5.41, 5.74) is 1.84. The molecule has 3 aromatic rings. The van der Waals surface area contributed by atoms with E-state index in [0.717, 1.165) is 5.56 Å². The molecule has 0 aliphatic carbocycles. The number of thioether (sulfide) groups is 1. The maximum atomic E-state index is 13.6. The molecule has 1 aromatic heterocycles. The van der Waals surface area contributed by atoms with Gasteiger partial charge < -0.3 is 10.3 Å². The topological polar surface area (TPSA) is 74.8 Å². The minimum absolute atomic E-state index is 0.0931. The van der Waals surface area contributed by atoms with E-state index in [1.54, 1.807) is 25.1 Å². The largest absolute Gasteiger partial charge is 0.326 e. The minimum Gasteiger partial charge on any atom is -0.326 e. The van der Waals surface area contributed by atoms with Crippen LogP contribution in [0.15, 0.2) is 58.5 Å². The van der Waals surface area contributed by atoms with Gasteiger partial charge in [-0.15, -0.1) is 0 Å². The molecule has 2 N–H and O–H groups in total. The van der Waals surface area contributed by atoms with Crippen LogP contribution in [0.3, 0.4) is 0 Å². The van der Waals surface area contributed by atoms with Crippen molar-refractivity contribution in [2.75, 3.05) is 5.32 Å². The lowest BCUT2D eigenvalue weighted by molar-refractivity contribution is -0.115. The van der Waals surface area contributed by atoms with Crippen LogP contribution in [0.1, 0.15) is 16.8 Å². The first-order valence-corrected chi connectivity index (χ1v) is 9.79. The molecule has 8 heteroatoms. The van der Waals surface area contributed by atoms with Crippen LogP contribution in [0.2, 0.25) is 5.02 Å². The third-order valence-electron chi connectivity index (χ3n) is 3.83. The molecule has 1 heterocycles. The number of benzene rings is 2. The molecule has 0 radical (unpaired) electrons. The van der Waals surface area contributed by atoms with E-state index in [4.69, 9.17) is 11.6 Å². The Labute approximate surface area is 170 Å². The summed E-state index contributed by atoms with van der Waals surface area (Å²) in [6.45, 7) is 1.64. The summed E-state index contributed by atoms with van der Waals surface area (Å²) in [5.74, 6) is -0.208. The molecule has 0 saturated carbocycles. The van der Waals surface area contributed by atoms with Crippen molar-refractivity contribution in [1.82, 2.24) is 9.97 Å². The number of rotatable bonds is 6. The molecule has 144 valence electrons. The molecule has 0 fully saturated rings. The van der Waals surface area contributed by atoms with Gasteiger partial charge in [-0.25, -0.2) is 9.37 Å². The highest BCUT2D eigenvalue weighted by molar-refractivity contribution is 7.98. The molecule has 0 aliphatic rings. The van der Waals surface area contributed by atoms with Gasteiger partial charge in [0.2, 0.25) is 5.91 Å². The third-order valence-corrected chi connectivity index (χ3v) is 5.01. The van der Waals surface area contributed by atoms with Crippen LogP contribution in [0.5, 0.6) is 0 Å². The Bertz CT molecular complexity index is 1070. The van der Waals surface area contributed by atoms with E-state index >= 15 is 0 Å². The van der Waals surface area contributed by atoms with Crippen molar-refractivity contribution in [3.8, 4) is 0 Å². The van der Waals surface area contributed by atoms with Crippen LogP contribution in [0, 0.1) is 12.7 Å². The first kappa shape index (κ1) is 20.1. The number of amides is 1. The van der Waals surface area contributed by atoms with E-state index in [1.165, 1.54) is 23.9 Å². The molecule has 0 unspecified atom stereocenters. The molecule has 0 saturated heterocycles. The van der Waals surface area contributed by atoms with Crippen LogP contribution in [-0.4, -0.2) is 15.9 Å². The van der Waals surface area contributed by atoms with Crippen molar-refractivity contribution in [2.24, 2.45) is 0 Å². The van der Waals surface area contributed by atoms with Gasteiger partial charge in [0.05, 0.1) is 12.1 Å². The third kappa shape index (κ3) is 5.68. The second-order valence-electron chi connectivity index (χ2n) is 6.15. The zero-order valence-electron chi connectivity index (χ0n) is 15.0. The molecule has 5 nitrogen and oxygen atoms in total. The number of carbonyl (C=O) groups is 1. The maximum absolute atomic E-state index is 13.6. The monoisotopic (exact) mass is 417 g/mol. The summed E-state index contributed by atoms with van der Waals surface area (Å²) in [6, 6.07) is 13.1. The van der Waals surface area contributed by atoms with E-state index in [0.29, 0.717) is 32.9 Å². The van der Waals surface area contributed by atoms with E-state index in [2.05, 4.69) is 15.3 Å². The smallest absolute Gasteiger partial charge is 0.251 e. The Morgan fingerprint density at radius 2 is 2.07 bits per heavy atom. The molecule has 28 heavy (non-hydrogen) atoms. The van der Waals surface area contributed by atoms with Gasteiger partial charge in [-0.2, -0.15) is 0 Å². The number of hydrogen-bond donors (Lipinski definition) is 2. The fraction of sp³-hybridized carbons (Fsp3) is 0.150. The van der Waals surface area contributed by atoms with Crippen LogP contribution < -0.4 is 10.9 Å². The van der Waals surface area contributed by atoms with Crippen LogP contribution in [-0.2, 0) is 17.0 Å². The van der Waals surface area contributed by atoms with Crippen molar-refractivity contribution >= 4 is 35.0 Å². The van der Waals surface area contributed by atoms with E-state index in [-0.39, 0.29) is 17.9 Å². The average molecular weight is 418 g/mol. The zero-order chi connectivity index (χ0) is 20.1. The Morgan fingerprint density at radius 3 is 2.82 bits per heavy atom. The van der Waals surface area contributed by atoms with E-state index in [9.17, 15) is 14.0 Å². The van der Waals surface area contributed by atoms with Gasteiger partial charge in [0.15, 0.2) is 5.16 Å². The number of anilines is 1. The number of halogens is 2. The summed E-state index contributed by atoms with van der Waals surface area (Å²) >= 11 is 7.31. The van der Waals surface area contributed by atoms with Gasteiger partial charge in [-0.1, -0.05) is 41.6 Å². The molecule has 1 amide bonds. The van der Waals surface area contributed by atoms with Crippen molar-refractivity contribution in [1.29, 1.82) is 0 Å². The standard InChI is InChI=1S/C20H17ClFN3O2S/c1-12-5-6-15(8-17(12)22)23-18(26)9-16-10-19(27)25-20(24-16)28-11-13-3-2-4-14(21)7-13/h2-8,10H,9,11H2,1H3,(H,23,26)(H,24,25,27). The Hall–Kier alpha value is -2.64. The van der Waals surface area contributed by atoms with Crippen LogP contribution in [0.25, 0.3) is 0 Å². The Morgan fingerprint density at radius 1 is 1.25 bits per heavy atom. The number of aromatic nitrogens is 2. The normalized spacial score (nSPS) is 10.7. The van der Waals surface area contributed by atoms with Gasteiger partial charge in [0.1, 0.15) is 5.82 Å². The molecule has 0 spiro atoms. The fourth-order valence-corrected chi connectivity index (χ4v) is 3.51. The molecule has 3 rings (SSSR count). The highest BCUT2D eigenvalue weighted by Crippen LogP contribution is 2.21. The number of hydrogen-bond acceptors (Lipinski definition) is 4. The van der Waals surface area contributed by atoms with Gasteiger partial charge in [0, 0.05) is 22.5 Å². The fourth-order valence-electron chi connectivity index (χ4n) is 2.46. The number of carbonyl (C=O) groups excluding carboxylic acids is 1. The predicted octanol–water partition coefficient (Wildman–Crippen LogP) is 4.34. The number of aryl methyl sites for hydroxylation is 1. The molecule has 2 aromatic carbocycles. The quantitative estimate of drug-likeness (QED) is 0.462. The SMILES string of the molecule is Cc1ccc(NC(=O)Cc2cc(=O)[nH]c(SCc3cccc(Cl)c3)n2)cc1F. The lowest BCUT2D eigenvalue weighted by Gasteiger charge is -2.07. The second kappa shape index (κ2) is 9.03. The maximum Gasteiger partial charge on any atom is 0.251 e. The van der Waals surface area contributed by atoms with E-state index < -0.39 is 5.82 Å². The second-order valence-corrected chi connectivity index (χ2v) is 7.55.